The summed E-state index contributed by atoms with van der Waals surface area (Å²) in [6.45, 7) is 4.39. The lowest BCUT2D eigenvalue weighted by molar-refractivity contribution is -0.133. The summed E-state index contributed by atoms with van der Waals surface area (Å²) >= 11 is 0. The molecule has 0 spiro atoms. The zero-order valence-electron chi connectivity index (χ0n) is 15.1. The van der Waals surface area contributed by atoms with Crippen molar-refractivity contribution in [3.63, 3.8) is 0 Å². The van der Waals surface area contributed by atoms with Crippen LogP contribution >= 0.6 is 0 Å². The molecule has 2 aromatic heterocycles. The van der Waals surface area contributed by atoms with E-state index in [0.717, 1.165) is 24.1 Å². The zero-order chi connectivity index (χ0) is 18.1. The van der Waals surface area contributed by atoms with Gasteiger partial charge in [-0.2, -0.15) is 0 Å². The third-order valence-corrected chi connectivity index (χ3v) is 5.02. The number of aromatic nitrogens is 4. The van der Waals surface area contributed by atoms with E-state index in [0.29, 0.717) is 36.5 Å². The van der Waals surface area contributed by atoms with Crippen LogP contribution in [0, 0.1) is 5.92 Å². The van der Waals surface area contributed by atoms with Crippen LogP contribution in [0.3, 0.4) is 0 Å². The van der Waals surface area contributed by atoms with Crippen LogP contribution < -0.4 is 11.2 Å². The molecule has 8 nitrogen and oxygen atoms in total. The fourth-order valence-electron chi connectivity index (χ4n) is 3.54. The summed E-state index contributed by atoms with van der Waals surface area (Å²) < 4.78 is 4.19. The third kappa shape index (κ3) is 3.25. The normalized spacial score (nSPS) is 18.0. The van der Waals surface area contributed by atoms with Crippen molar-refractivity contribution in [2.75, 3.05) is 13.1 Å². The Bertz CT molecular complexity index is 907. The highest BCUT2D eigenvalue weighted by atomic mass is 16.2. The number of aryl methyl sites for hydroxylation is 2. The molecule has 1 atom stereocenters. The summed E-state index contributed by atoms with van der Waals surface area (Å²) in [6, 6.07) is 0. The summed E-state index contributed by atoms with van der Waals surface area (Å²) in [5, 5.41) is 0. The smallest absolute Gasteiger partial charge is 0.332 e. The standard InChI is InChI=1S/C17H25N5O3/c1-12-6-4-8-21(10-12)13(23)7-5-9-22-11-18-15-14(22)16(24)20(3)17(25)19(15)2/h11-12H,4-10H2,1-3H3/t12-/m1/s1. The average Bonchev–Trinajstić information content (AvgIpc) is 3.02. The molecule has 1 aliphatic rings. The molecule has 0 saturated carbocycles. The maximum absolute atomic E-state index is 12.4. The van der Waals surface area contributed by atoms with Crippen LogP contribution in [-0.4, -0.2) is 42.6 Å². The molecule has 1 aliphatic heterocycles. The van der Waals surface area contributed by atoms with E-state index in [9.17, 15) is 14.4 Å². The summed E-state index contributed by atoms with van der Waals surface area (Å²) in [5.41, 5.74) is 0.0388. The van der Waals surface area contributed by atoms with Gasteiger partial charge < -0.3 is 9.47 Å². The summed E-state index contributed by atoms with van der Waals surface area (Å²) in [4.78, 5) is 42.8. The molecule has 0 bridgehead atoms. The van der Waals surface area contributed by atoms with Gasteiger partial charge in [0.25, 0.3) is 5.56 Å². The Morgan fingerprint density at radius 2 is 2.04 bits per heavy atom. The minimum absolute atomic E-state index is 0.177. The molecular formula is C17H25N5O3. The van der Waals surface area contributed by atoms with Crippen molar-refractivity contribution in [3.05, 3.63) is 27.2 Å². The van der Waals surface area contributed by atoms with Gasteiger partial charge in [-0.25, -0.2) is 9.78 Å². The molecule has 136 valence electrons. The molecule has 0 aliphatic carbocycles. The summed E-state index contributed by atoms with van der Waals surface area (Å²) in [6.07, 6.45) is 4.93. The molecule has 0 unspecified atom stereocenters. The molecule has 3 heterocycles. The molecule has 2 aromatic rings. The van der Waals surface area contributed by atoms with Gasteiger partial charge in [-0.3, -0.25) is 18.7 Å². The van der Waals surface area contributed by atoms with Crippen LogP contribution in [0.4, 0.5) is 0 Å². The first kappa shape index (κ1) is 17.4. The summed E-state index contributed by atoms with van der Waals surface area (Å²) in [7, 11) is 3.06. The second-order valence-electron chi connectivity index (χ2n) is 7.01. The van der Waals surface area contributed by atoms with Crippen molar-refractivity contribution in [1.29, 1.82) is 0 Å². The van der Waals surface area contributed by atoms with Crippen molar-refractivity contribution < 1.29 is 4.79 Å². The van der Waals surface area contributed by atoms with Crippen LogP contribution in [-0.2, 0) is 25.4 Å². The fraction of sp³-hybridized carbons (Fsp3) is 0.647. The molecule has 0 aromatic carbocycles. The minimum atomic E-state index is -0.392. The number of carbonyl (C=O) groups is 1. The highest BCUT2D eigenvalue weighted by Crippen LogP contribution is 2.17. The Kier molecular flexibility index (Phi) is 4.78. The van der Waals surface area contributed by atoms with Crippen LogP contribution in [0.1, 0.15) is 32.6 Å². The number of fused-ring (bicyclic) bond motifs is 1. The fourth-order valence-corrected chi connectivity index (χ4v) is 3.54. The molecule has 3 rings (SSSR count). The predicted octanol–water partition coefficient (Wildman–Crippen LogP) is 0.472. The van der Waals surface area contributed by atoms with Gasteiger partial charge >= 0.3 is 5.69 Å². The predicted molar refractivity (Wildman–Crippen MR) is 94.4 cm³/mol. The van der Waals surface area contributed by atoms with E-state index < -0.39 is 5.69 Å². The molecule has 1 amide bonds. The number of nitrogens with zero attached hydrogens (tertiary/aromatic N) is 5. The Morgan fingerprint density at radius 1 is 1.28 bits per heavy atom. The molecule has 25 heavy (non-hydrogen) atoms. The molecule has 8 heteroatoms. The average molecular weight is 347 g/mol. The Hall–Kier alpha value is -2.38. The van der Waals surface area contributed by atoms with Crippen molar-refractivity contribution in [2.24, 2.45) is 20.0 Å². The van der Waals surface area contributed by atoms with Gasteiger partial charge in [0.15, 0.2) is 11.2 Å². The van der Waals surface area contributed by atoms with E-state index >= 15 is 0 Å². The molecular weight excluding hydrogens is 322 g/mol. The topological polar surface area (TPSA) is 82.1 Å². The van der Waals surface area contributed by atoms with Crippen molar-refractivity contribution in [3.8, 4) is 0 Å². The van der Waals surface area contributed by atoms with E-state index in [1.165, 1.54) is 18.0 Å². The number of imidazole rings is 1. The molecule has 1 fully saturated rings. The van der Waals surface area contributed by atoms with Gasteiger partial charge in [0.1, 0.15) is 0 Å². The second-order valence-corrected chi connectivity index (χ2v) is 7.01. The largest absolute Gasteiger partial charge is 0.342 e. The lowest BCUT2D eigenvalue weighted by atomic mass is 10.00. The third-order valence-electron chi connectivity index (χ3n) is 5.02. The van der Waals surface area contributed by atoms with Gasteiger partial charge in [-0.15, -0.1) is 0 Å². The first-order valence-electron chi connectivity index (χ1n) is 8.78. The Labute approximate surface area is 145 Å². The lowest BCUT2D eigenvalue weighted by Crippen LogP contribution is -2.39. The quantitative estimate of drug-likeness (QED) is 0.805. The zero-order valence-corrected chi connectivity index (χ0v) is 15.1. The highest BCUT2D eigenvalue weighted by molar-refractivity contribution is 5.76. The number of piperidine rings is 1. The van der Waals surface area contributed by atoms with Crippen molar-refractivity contribution >= 4 is 17.1 Å². The molecule has 1 saturated heterocycles. The Balaban J connectivity index is 1.71. The second kappa shape index (κ2) is 6.85. The minimum Gasteiger partial charge on any atom is -0.342 e. The number of rotatable bonds is 4. The van der Waals surface area contributed by atoms with E-state index in [1.54, 1.807) is 17.9 Å². The Morgan fingerprint density at radius 3 is 2.76 bits per heavy atom. The van der Waals surface area contributed by atoms with Crippen LogP contribution in [0.2, 0.25) is 0 Å². The first-order valence-corrected chi connectivity index (χ1v) is 8.78. The van der Waals surface area contributed by atoms with Crippen molar-refractivity contribution in [1.82, 2.24) is 23.6 Å². The first-order chi connectivity index (χ1) is 11.9. The van der Waals surface area contributed by atoms with E-state index in [4.69, 9.17) is 0 Å². The number of amides is 1. The highest BCUT2D eigenvalue weighted by Gasteiger charge is 2.20. The van der Waals surface area contributed by atoms with E-state index in [1.807, 2.05) is 4.90 Å². The van der Waals surface area contributed by atoms with Crippen LogP contribution in [0.15, 0.2) is 15.9 Å². The van der Waals surface area contributed by atoms with Gasteiger partial charge in [0.2, 0.25) is 5.91 Å². The van der Waals surface area contributed by atoms with Gasteiger partial charge in [-0.1, -0.05) is 6.92 Å². The maximum Gasteiger partial charge on any atom is 0.332 e. The number of hydrogen-bond donors (Lipinski definition) is 0. The number of hydrogen-bond acceptors (Lipinski definition) is 4. The lowest BCUT2D eigenvalue weighted by Gasteiger charge is -2.31. The van der Waals surface area contributed by atoms with Gasteiger partial charge in [0, 0.05) is 40.2 Å². The monoisotopic (exact) mass is 347 g/mol. The van der Waals surface area contributed by atoms with Gasteiger partial charge in [0.05, 0.1) is 6.33 Å². The SMILES string of the molecule is C[C@@H]1CCCN(C(=O)CCCn2cnc3c2c(=O)n(C)c(=O)n3C)C1. The number of carbonyl (C=O) groups excluding carboxylic acids is 1. The maximum atomic E-state index is 12.4. The van der Waals surface area contributed by atoms with Crippen LogP contribution in [0.5, 0.6) is 0 Å². The molecule has 0 radical (unpaired) electrons. The van der Waals surface area contributed by atoms with E-state index in [2.05, 4.69) is 11.9 Å². The number of likely N-dealkylation sites (tertiary alicyclic amines) is 1. The van der Waals surface area contributed by atoms with Gasteiger partial charge in [-0.05, 0) is 25.2 Å². The van der Waals surface area contributed by atoms with Crippen molar-refractivity contribution in [2.45, 2.75) is 39.2 Å². The van der Waals surface area contributed by atoms with E-state index in [-0.39, 0.29) is 11.5 Å². The summed E-state index contributed by atoms with van der Waals surface area (Å²) in [5.74, 6) is 0.746. The van der Waals surface area contributed by atoms with Crippen LogP contribution in [0.25, 0.3) is 11.2 Å². The molecule has 0 N–H and O–H groups in total.